The Labute approximate surface area is 78.7 Å². The molecule has 1 aliphatic rings. The molecule has 0 radical (unpaired) electrons. The van der Waals surface area contributed by atoms with E-state index >= 15 is 0 Å². The number of aliphatic hydroxyl groups is 1. The van der Waals surface area contributed by atoms with Crippen molar-refractivity contribution in [2.45, 2.75) is 25.8 Å². The van der Waals surface area contributed by atoms with Gasteiger partial charge in [-0.05, 0) is 13.8 Å². The molecule has 1 saturated heterocycles. The molecule has 0 aliphatic carbocycles. The molecule has 3 N–H and O–H groups in total. The summed E-state index contributed by atoms with van der Waals surface area (Å²) in [5, 5.41) is 8.89. The highest BCUT2D eigenvalue weighted by molar-refractivity contribution is 5.78. The molecule has 0 aromatic heterocycles. The van der Waals surface area contributed by atoms with Gasteiger partial charge in [0.15, 0.2) is 0 Å². The lowest BCUT2D eigenvalue weighted by atomic mass is 10.1. The van der Waals surface area contributed by atoms with E-state index in [1.807, 2.05) is 13.8 Å². The fourth-order valence-electron chi connectivity index (χ4n) is 1.62. The summed E-state index contributed by atoms with van der Waals surface area (Å²) in [5.41, 5.74) is 5.46. The number of likely N-dealkylation sites (tertiary alicyclic amines) is 1. The van der Waals surface area contributed by atoms with E-state index in [0.29, 0.717) is 19.5 Å². The average Bonchev–Trinajstić information content (AvgIpc) is 2.29. The van der Waals surface area contributed by atoms with Crippen LogP contribution in [0.3, 0.4) is 0 Å². The molecule has 4 heteroatoms. The third kappa shape index (κ3) is 2.97. The molecule has 1 fully saturated rings. The van der Waals surface area contributed by atoms with Crippen molar-refractivity contribution < 1.29 is 9.90 Å². The Kier molecular flexibility index (Phi) is 2.93. The standard InChI is InChI=1S/C9H18N2O2/c1-9(2,10)6-11-4-7(5-12)3-8(11)13/h7,12H,3-6,10H2,1-2H3. The molecule has 4 nitrogen and oxygen atoms in total. The maximum absolute atomic E-state index is 11.4. The second-order valence-corrected chi connectivity index (χ2v) is 4.52. The first-order chi connectivity index (χ1) is 5.92. The zero-order valence-corrected chi connectivity index (χ0v) is 8.29. The predicted molar refractivity (Wildman–Crippen MR) is 50.0 cm³/mol. The van der Waals surface area contributed by atoms with Crippen molar-refractivity contribution >= 4 is 5.91 Å². The number of amides is 1. The van der Waals surface area contributed by atoms with E-state index in [0.717, 1.165) is 0 Å². The first-order valence-electron chi connectivity index (χ1n) is 4.60. The van der Waals surface area contributed by atoms with Crippen molar-refractivity contribution in [3.8, 4) is 0 Å². The molecule has 0 spiro atoms. The second-order valence-electron chi connectivity index (χ2n) is 4.52. The van der Waals surface area contributed by atoms with E-state index < -0.39 is 0 Å². The summed E-state index contributed by atoms with van der Waals surface area (Å²) in [4.78, 5) is 13.1. The summed E-state index contributed by atoms with van der Waals surface area (Å²) >= 11 is 0. The van der Waals surface area contributed by atoms with Gasteiger partial charge in [-0.15, -0.1) is 0 Å². The van der Waals surface area contributed by atoms with Gasteiger partial charge in [0, 0.05) is 37.6 Å². The topological polar surface area (TPSA) is 66.6 Å². The minimum atomic E-state index is -0.347. The zero-order valence-electron chi connectivity index (χ0n) is 8.29. The van der Waals surface area contributed by atoms with Gasteiger partial charge in [-0.25, -0.2) is 0 Å². The lowest BCUT2D eigenvalue weighted by Gasteiger charge is -2.26. The maximum atomic E-state index is 11.4. The summed E-state index contributed by atoms with van der Waals surface area (Å²) in [6, 6.07) is 0. The Morgan fingerprint density at radius 1 is 1.69 bits per heavy atom. The van der Waals surface area contributed by atoms with E-state index in [1.54, 1.807) is 4.90 Å². The SMILES string of the molecule is CC(C)(N)CN1CC(CO)CC1=O. The van der Waals surface area contributed by atoms with Crippen LogP contribution in [0.1, 0.15) is 20.3 Å². The Morgan fingerprint density at radius 3 is 2.69 bits per heavy atom. The van der Waals surface area contributed by atoms with Crippen LogP contribution in [0.2, 0.25) is 0 Å². The van der Waals surface area contributed by atoms with Crippen molar-refractivity contribution in [2.24, 2.45) is 11.7 Å². The number of carbonyl (C=O) groups excluding carboxylic acids is 1. The van der Waals surface area contributed by atoms with Crippen LogP contribution in [0.5, 0.6) is 0 Å². The van der Waals surface area contributed by atoms with Crippen LogP contribution in [0.25, 0.3) is 0 Å². The second kappa shape index (κ2) is 3.64. The maximum Gasteiger partial charge on any atom is 0.223 e. The average molecular weight is 186 g/mol. The molecule has 1 atom stereocenters. The lowest BCUT2D eigenvalue weighted by Crippen LogP contribution is -2.46. The van der Waals surface area contributed by atoms with E-state index in [1.165, 1.54) is 0 Å². The van der Waals surface area contributed by atoms with Gasteiger partial charge in [-0.1, -0.05) is 0 Å². The Balaban J connectivity index is 2.49. The summed E-state index contributed by atoms with van der Waals surface area (Å²) in [6.45, 7) is 5.10. The third-order valence-corrected chi connectivity index (χ3v) is 2.15. The molecule has 76 valence electrons. The van der Waals surface area contributed by atoms with Crippen LogP contribution in [0, 0.1) is 5.92 Å². The van der Waals surface area contributed by atoms with Crippen molar-refractivity contribution in [3.05, 3.63) is 0 Å². The molecule has 13 heavy (non-hydrogen) atoms. The smallest absolute Gasteiger partial charge is 0.223 e. The van der Waals surface area contributed by atoms with Gasteiger partial charge in [-0.3, -0.25) is 4.79 Å². The summed E-state index contributed by atoms with van der Waals surface area (Å²) in [6.07, 6.45) is 0.465. The highest BCUT2D eigenvalue weighted by atomic mass is 16.3. The van der Waals surface area contributed by atoms with Gasteiger partial charge in [0.1, 0.15) is 0 Å². The van der Waals surface area contributed by atoms with Gasteiger partial charge in [0.05, 0.1) is 0 Å². The van der Waals surface area contributed by atoms with Gasteiger partial charge < -0.3 is 15.7 Å². The van der Waals surface area contributed by atoms with E-state index in [-0.39, 0.29) is 24.0 Å². The van der Waals surface area contributed by atoms with Crippen molar-refractivity contribution in [1.29, 1.82) is 0 Å². The monoisotopic (exact) mass is 186 g/mol. The molecule has 1 amide bonds. The summed E-state index contributed by atoms with van der Waals surface area (Å²) in [7, 11) is 0. The van der Waals surface area contributed by atoms with Crippen LogP contribution >= 0.6 is 0 Å². The van der Waals surface area contributed by atoms with Crippen molar-refractivity contribution in [1.82, 2.24) is 4.90 Å². The number of hydrogen-bond acceptors (Lipinski definition) is 3. The van der Waals surface area contributed by atoms with Gasteiger partial charge in [0.2, 0.25) is 5.91 Å². The normalized spacial score (nSPS) is 24.2. The third-order valence-electron chi connectivity index (χ3n) is 2.15. The molecule has 1 aliphatic heterocycles. The van der Waals surface area contributed by atoms with Crippen LogP contribution in [-0.4, -0.2) is 41.1 Å². The molecule has 1 rings (SSSR count). The number of nitrogens with zero attached hydrogens (tertiary/aromatic N) is 1. The van der Waals surface area contributed by atoms with E-state index in [9.17, 15) is 4.79 Å². The van der Waals surface area contributed by atoms with E-state index in [2.05, 4.69) is 0 Å². The van der Waals surface area contributed by atoms with Crippen LogP contribution < -0.4 is 5.73 Å². The minimum Gasteiger partial charge on any atom is -0.396 e. The molecule has 1 heterocycles. The Hall–Kier alpha value is -0.610. The Morgan fingerprint density at radius 2 is 2.31 bits per heavy atom. The van der Waals surface area contributed by atoms with Gasteiger partial charge >= 0.3 is 0 Å². The quantitative estimate of drug-likeness (QED) is 0.628. The highest BCUT2D eigenvalue weighted by Gasteiger charge is 2.31. The van der Waals surface area contributed by atoms with E-state index in [4.69, 9.17) is 10.8 Å². The van der Waals surface area contributed by atoms with Gasteiger partial charge in [-0.2, -0.15) is 0 Å². The summed E-state index contributed by atoms with van der Waals surface area (Å²) in [5.74, 6) is 0.215. The number of hydrogen-bond donors (Lipinski definition) is 2. The number of rotatable bonds is 3. The van der Waals surface area contributed by atoms with Crippen molar-refractivity contribution in [2.75, 3.05) is 19.7 Å². The molecule has 0 bridgehead atoms. The minimum absolute atomic E-state index is 0.0905. The molecular weight excluding hydrogens is 168 g/mol. The first kappa shape index (κ1) is 10.5. The number of carbonyl (C=O) groups is 1. The van der Waals surface area contributed by atoms with Gasteiger partial charge in [0.25, 0.3) is 0 Å². The fourth-order valence-corrected chi connectivity index (χ4v) is 1.62. The van der Waals surface area contributed by atoms with Crippen LogP contribution in [0.15, 0.2) is 0 Å². The molecular formula is C9H18N2O2. The fraction of sp³-hybridized carbons (Fsp3) is 0.889. The largest absolute Gasteiger partial charge is 0.396 e. The summed E-state index contributed by atoms with van der Waals surface area (Å²) < 4.78 is 0. The van der Waals surface area contributed by atoms with Crippen LogP contribution in [-0.2, 0) is 4.79 Å². The molecule has 0 aromatic carbocycles. The molecule has 1 unspecified atom stereocenters. The number of aliphatic hydroxyl groups excluding tert-OH is 1. The molecule has 0 aromatic rings. The first-order valence-corrected chi connectivity index (χ1v) is 4.60. The molecule has 0 saturated carbocycles. The van der Waals surface area contributed by atoms with Crippen molar-refractivity contribution in [3.63, 3.8) is 0 Å². The van der Waals surface area contributed by atoms with Crippen LogP contribution in [0.4, 0.5) is 0 Å². The Bertz CT molecular complexity index is 198. The lowest BCUT2D eigenvalue weighted by molar-refractivity contribution is -0.128. The zero-order chi connectivity index (χ0) is 10.1. The predicted octanol–water partition coefficient (Wildman–Crippen LogP) is -0.435. The number of nitrogens with two attached hydrogens (primary N) is 1. The highest BCUT2D eigenvalue weighted by Crippen LogP contribution is 2.18.